The molecule has 6 nitrogen and oxygen atoms in total. The summed E-state index contributed by atoms with van der Waals surface area (Å²) in [5.74, 6) is -0.889. The highest BCUT2D eigenvalue weighted by Gasteiger charge is 2.13. The Balaban J connectivity index is 1.89. The van der Waals surface area contributed by atoms with Gasteiger partial charge in [-0.05, 0) is 43.7 Å². The highest BCUT2D eigenvalue weighted by atomic mass is 32.1. The first-order chi connectivity index (χ1) is 11.4. The topological polar surface area (TPSA) is 86.5 Å². The van der Waals surface area contributed by atoms with E-state index in [1.807, 2.05) is 13.8 Å². The zero-order valence-electron chi connectivity index (χ0n) is 13.1. The fourth-order valence-electron chi connectivity index (χ4n) is 2.04. The molecule has 24 heavy (non-hydrogen) atoms. The fraction of sp³-hybridized carbons (Fsp3) is 0.176. The maximum Gasteiger partial charge on any atom is 0.331 e. The second-order valence-electron chi connectivity index (χ2n) is 5.04. The average molecular weight is 345 g/mol. The molecule has 0 saturated carbocycles. The number of aryl methyl sites for hydroxylation is 2. The van der Waals surface area contributed by atoms with Gasteiger partial charge >= 0.3 is 5.97 Å². The van der Waals surface area contributed by atoms with E-state index in [9.17, 15) is 19.7 Å². The molecule has 0 unspecified atom stereocenters. The number of hydrogen-bond donors (Lipinski definition) is 0. The quantitative estimate of drug-likeness (QED) is 0.262. The number of rotatable bonds is 6. The minimum absolute atomic E-state index is 0.0262. The number of hydrogen-bond acceptors (Lipinski definition) is 6. The Hall–Kier alpha value is -2.80. The van der Waals surface area contributed by atoms with E-state index >= 15 is 0 Å². The van der Waals surface area contributed by atoms with E-state index in [0.29, 0.717) is 11.1 Å². The number of ketones is 1. The third kappa shape index (κ3) is 4.60. The second kappa shape index (κ2) is 7.65. The van der Waals surface area contributed by atoms with Crippen molar-refractivity contribution in [2.24, 2.45) is 0 Å². The number of carbonyl (C=O) groups is 2. The molecule has 0 aliphatic carbocycles. The first kappa shape index (κ1) is 17.6. The van der Waals surface area contributed by atoms with Gasteiger partial charge in [-0.2, -0.15) is 0 Å². The molecule has 0 atom stereocenters. The molecule has 0 aliphatic rings. The molecule has 7 heteroatoms. The number of esters is 1. The third-order valence-corrected chi connectivity index (χ3v) is 4.17. The van der Waals surface area contributed by atoms with Crippen molar-refractivity contribution in [1.82, 2.24) is 0 Å². The molecule has 0 aliphatic heterocycles. The van der Waals surface area contributed by atoms with Gasteiger partial charge in [0.2, 0.25) is 5.78 Å². The first-order valence-corrected chi connectivity index (χ1v) is 7.88. The van der Waals surface area contributed by atoms with Crippen molar-refractivity contribution in [3.63, 3.8) is 0 Å². The second-order valence-corrected chi connectivity index (χ2v) is 6.50. The summed E-state index contributed by atoms with van der Waals surface area (Å²) in [5, 5.41) is 10.6. The van der Waals surface area contributed by atoms with Crippen LogP contribution in [0.5, 0.6) is 0 Å². The predicted octanol–water partition coefficient (Wildman–Crippen LogP) is 3.71. The maximum atomic E-state index is 12.0. The van der Waals surface area contributed by atoms with E-state index in [2.05, 4.69) is 0 Å². The Morgan fingerprint density at radius 3 is 2.46 bits per heavy atom. The number of nitro groups is 1. The van der Waals surface area contributed by atoms with E-state index in [-0.39, 0.29) is 18.1 Å². The molecule has 2 aromatic rings. The van der Waals surface area contributed by atoms with Gasteiger partial charge < -0.3 is 4.74 Å². The summed E-state index contributed by atoms with van der Waals surface area (Å²) in [4.78, 5) is 35.6. The number of nitro benzene ring substituents is 1. The Labute approximate surface area is 142 Å². The van der Waals surface area contributed by atoms with Crippen molar-refractivity contribution in [1.29, 1.82) is 0 Å². The van der Waals surface area contributed by atoms with Gasteiger partial charge in [-0.3, -0.25) is 14.9 Å². The van der Waals surface area contributed by atoms with Crippen molar-refractivity contribution in [2.45, 2.75) is 13.8 Å². The molecule has 124 valence electrons. The average Bonchev–Trinajstić information content (AvgIpc) is 2.89. The number of carbonyl (C=O) groups excluding carboxylic acids is 2. The van der Waals surface area contributed by atoms with Crippen LogP contribution < -0.4 is 0 Å². The van der Waals surface area contributed by atoms with E-state index in [1.54, 1.807) is 6.07 Å². The van der Waals surface area contributed by atoms with Gasteiger partial charge in [0.15, 0.2) is 6.61 Å². The lowest BCUT2D eigenvalue weighted by Gasteiger charge is -2.01. The van der Waals surface area contributed by atoms with Crippen LogP contribution in [0.2, 0.25) is 0 Å². The summed E-state index contributed by atoms with van der Waals surface area (Å²) in [6.45, 7) is 3.44. The van der Waals surface area contributed by atoms with Crippen LogP contribution in [-0.4, -0.2) is 23.3 Å². The lowest BCUT2D eigenvalue weighted by atomic mass is 10.2. The highest BCUT2D eigenvalue weighted by molar-refractivity contribution is 7.12. The van der Waals surface area contributed by atoms with Crippen LogP contribution in [0.15, 0.2) is 36.4 Å². The Morgan fingerprint density at radius 1 is 1.25 bits per heavy atom. The van der Waals surface area contributed by atoms with Crippen molar-refractivity contribution in [2.75, 3.05) is 6.61 Å². The summed E-state index contributed by atoms with van der Waals surface area (Å²) < 4.78 is 4.93. The van der Waals surface area contributed by atoms with Crippen molar-refractivity contribution in [3.05, 3.63) is 67.4 Å². The van der Waals surface area contributed by atoms with E-state index in [4.69, 9.17) is 4.74 Å². The van der Waals surface area contributed by atoms with Crippen LogP contribution >= 0.6 is 11.3 Å². The van der Waals surface area contributed by atoms with Gasteiger partial charge in [-0.1, -0.05) is 0 Å². The zero-order valence-corrected chi connectivity index (χ0v) is 14.0. The van der Waals surface area contributed by atoms with E-state index < -0.39 is 10.9 Å². The molecule has 0 fully saturated rings. The van der Waals surface area contributed by atoms with Gasteiger partial charge in [-0.15, -0.1) is 11.3 Å². The van der Waals surface area contributed by atoms with Crippen LogP contribution in [0.4, 0.5) is 5.69 Å². The largest absolute Gasteiger partial charge is 0.454 e. The maximum absolute atomic E-state index is 12.0. The summed E-state index contributed by atoms with van der Waals surface area (Å²) in [5.41, 5.74) is 1.17. The normalized spacial score (nSPS) is 10.8. The molecule has 1 aromatic heterocycles. The molecular weight excluding hydrogens is 330 g/mol. The van der Waals surface area contributed by atoms with Crippen LogP contribution in [0.1, 0.15) is 25.7 Å². The fourth-order valence-corrected chi connectivity index (χ4v) is 2.98. The van der Waals surface area contributed by atoms with Gasteiger partial charge in [0.1, 0.15) is 0 Å². The van der Waals surface area contributed by atoms with Gasteiger partial charge in [0.05, 0.1) is 4.92 Å². The molecule has 2 rings (SSSR count). The number of thiophene rings is 1. The molecule has 0 N–H and O–H groups in total. The van der Waals surface area contributed by atoms with Crippen molar-refractivity contribution < 1.29 is 19.2 Å². The minimum Gasteiger partial charge on any atom is -0.454 e. The van der Waals surface area contributed by atoms with E-state index in [1.165, 1.54) is 47.8 Å². The van der Waals surface area contributed by atoms with Crippen molar-refractivity contribution in [3.8, 4) is 0 Å². The molecule has 0 amide bonds. The molecule has 1 aromatic carbocycles. The number of non-ortho nitro benzene ring substituents is 1. The summed E-state index contributed by atoms with van der Waals surface area (Å²) >= 11 is 1.52. The molecule has 1 heterocycles. The molecular formula is C17H15NO5S. The van der Waals surface area contributed by atoms with Crippen molar-refractivity contribution >= 4 is 34.9 Å². The smallest absolute Gasteiger partial charge is 0.331 e. The lowest BCUT2D eigenvalue weighted by Crippen LogP contribution is -2.12. The highest BCUT2D eigenvalue weighted by Crippen LogP contribution is 2.21. The summed E-state index contributed by atoms with van der Waals surface area (Å²) in [6, 6.07) is 7.50. The molecule has 0 saturated heterocycles. The van der Waals surface area contributed by atoms with Crippen LogP contribution in [0.25, 0.3) is 6.08 Å². The molecule has 0 spiro atoms. The molecule has 0 bridgehead atoms. The van der Waals surface area contributed by atoms with E-state index in [0.717, 1.165) is 9.75 Å². The number of Topliss-reactive ketones (excluding diaryl/α,β-unsaturated/α-hetero) is 1. The monoisotopic (exact) mass is 345 g/mol. The summed E-state index contributed by atoms with van der Waals surface area (Å²) in [7, 11) is 0. The Bertz CT molecular complexity index is 805. The van der Waals surface area contributed by atoms with Gasteiger partial charge in [-0.25, -0.2) is 4.79 Å². The lowest BCUT2D eigenvalue weighted by molar-refractivity contribution is -0.384. The van der Waals surface area contributed by atoms with Crippen LogP contribution in [0, 0.1) is 24.0 Å². The third-order valence-electron chi connectivity index (χ3n) is 3.20. The Morgan fingerprint density at radius 2 is 1.92 bits per heavy atom. The zero-order chi connectivity index (χ0) is 17.7. The van der Waals surface area contributed by atoms with Crippen LogP contribution in [-0.2, 0) is 9.53 Å². The first-order valence-electron chi connectivity index (χ1n) is 7.06. The predicted molar refractivity (Wildman–Crippen MR) is 91.2 cm³/mol. The van der Waals surface area contributed by atoms with Crippen LogP contribution in [0.3, 0.4) is 0 Å². The Kier molecular flexibility index (Phi) is 5.59. The van der Waals surface area contributed by atoms with Gasteiger partial charge in [0, 0.05) is 33.5 Å². The standard InChI is InChI=1S/C17H15NO5S/c1-11-9-15(12(2)24-11)16(19)10-23-17(20)8-5-13-3-6-14(7-4-13)18(21)22/h3-9H,10H2,1-2H3/b8-5+. The number of nitrogens with zero attached hydrogens (tertiary/aromatic N) is 1. The number of ether oxygens (including phenoxy) is 1. The molecule has 0 radical (unpaired) electrons. The summed E-state index contributed by atoms with van der Waals surface area (Å²) in [6.07, 6.45) is 2.65. The SMILES string of the molecule is Cc1cc(C(=O)COC(=O)/C=C/c2ccc([N+](=O)[O-])cc2)c(C)s1. The number of benzene rings is 1. The minimum atomic E-state index is -0.647. The van der Waals surface area contributed by atoms with Gasteiger partial charge in [0.25, 0.3) is 5.69 Å².